The van der Waals surface area contributed by atoms with E-state index in [-0.39, 0.29) is 17.1 Å². The van der Waals surface area contributed by atoms with Crippen LogP contribution in [-0.4, -0.2) is 46.1 Å². The summed E-state index contributed by atoms with van der Waals surface area (Å²) in [6.45, 7) is 9.35. The number of nitrogens with zero attached hydrogens (tertiary/aromatic N) is 2. The smallest absolute Gasteiger partial charge is 0.233 e. The van der Waals surface area contributed by atoms with Gasteiger partial charge in [-0.25, -0.2) is 0 Å². The van der Waals surface area contributed by atoms with E-state index in [0.717, 1.165) is 15.1 Å². The third-order valence-electron chi connectivity index (χ3n) is 2.62. The maximum Gasteiger partial charge on any atom is 0.233 e. The Morgan fingerprint density at radius 1 is 1.17 bits per heavy atom. The first kappa shape index (κ1) is 20.2. The van der Waals surface area contributed by atoms with Crippen LogP contribution in [0.1, 0.15) is 34.1 Å². The Bertz CT molecular complexity index is 508. The first-order chi connectivity index (χ1) is 10.9. The van der Waals surface area contributed by atoms with E-state index in [9.17, 15) is 9.59 Å². The number of amides is 2. The van der Waals surface area contributed by atoms with Crippen LogP contribution in [-0.2, 0) is 9.59 Å². The number of hydrogen-bond acceptors (Lipinski definition) is 7. The molecule has 0 fully saturated rings. The molecule has 0 radical (unpaired) electrons. The zero-order chi connectivity index (χ0) is 17.2. The molecule has 0 aliphatic rings. The van der Waals surface area contributed by atoms with Crippen LogP contribution in [0, 0.1) is 5.92 Å². The molecule has 2 N–H and O–H groups in total. The van der Waals surface area contributed by atoms with Crippen LogP contribution in [0.3, 0.4) is 0 Å². The Morgan fingerprint density at radius 3 is 2.52 bits per heavy atom. The van der Waals surface area contributed by atoms with Gasteiger partial charge in [0.05, 0.1) is 11.0 Å². The van der Waals surface area contributed by atoms with E-state index < -0.39 is 0 Å². The molecule has 1 aromatic heterocycles. The van der Waals surface area contributed by atoms with Crippen molar-refractivity contribution < 1.29 is 9.59 Å². The van der Waals surface area contributed by atoms with Gasteiger partial charge >= 0.3 is 0 Å². The Kier molecular flexibility index (Phi) is 9.57. The lowest BCUT2D eigenvalue weighted by atomic mass is 10.2. The van der Waals surface area contributed by atoms with Crippen LogP contribution in [0.5, 0.6) is 0 Å². The molecule has 9 heteroatoms. The Morgan fingerprint density at radius 2 is 1.87 bits per heavy atom. The van der Waals surface area contributed by atoms with Crippen molar-refractivity contribution in [3.8, 4) is 0 Å². The minimum atomic E-state index is -0.215. The van der Waals surface area contributed by atoms with Crippen molar-refractivity contribution in [2.75, 3.05) is 18.8 Å². The van der Waals surface area contributed by atoms with Gasteiger partial charge in [0.25, 0.3) is 0 Å². The number of rotatable bonds is 10. The molecule has 0 saturated carbocycles. The number of hydrogen-bond donors (Lipinski definition) is 2. The van der Waals surface area contributed by atoms with Crippen molar-refractivity contribution >= 4 is 46.7 Å². The second-order valence-corrected chi connectivity index (χ2v) is 9.16. The number of nitrogens with one attached hydrogen (secondary N) is 2. The SMILES string of the molecule is CCCNC(=O)CSc1nnc(S[C@H](C)C(=O)NCC(C)C)s1. The van der Waals surface area contributed by atoms with E-state index in [1.54, 1.807) is 0 Å². The van der Waals surface area contributed by atoms with Gasteiger partial charge in [0.15, 0.2) is 8.68 Å². The topological polar surface area (TPSA) is 84.0 Å². The Balaban J connectivity index is 2.38. The van der Waals surface area contributed by atoms with E-state index in [0.29, 0.717) is 24.8 Å². The molecule has 23 heavy (non-hydrogen) atoms. The number of thioether (sulfide) groups is 2. The van der Waals surface area contributed by atoms with Gasteiger partial charge in [-0.15, -0.1) is 10.2 Å². The Labute approximate surface area is 150 Å². The minimum absolute atomic E-state index is 0.00249. The number of aromatic nitrogens is 2. The first-order valence-electron chi connectivity index (χ1n) is 7.59. The highest BCUT2D eigenvalue weighted by atomic mass is 32.2. The average Bonchev–Trinajstić information content (AvgIpc) is 2.95. The molecule has 2 amide bonds. The highest BCUT2D eigenvalue weighted by Gasteiger charge is 2.17. The van der Waals surface area contributed by atoms with Crippen molar-refractivity contribution in [2.24, 2.45) is 5.92 Å². The summed E-state index contributed by atoms with van der Waals surface area (Å²) in [4.78, 5) is 23.5. The highest BCUT2D eigenvalue weighted by Crippen LogP contribution is 2.31. The fraction of sp³-hybridized carbons (Fsp3) is 0.714. The second-order valence-electron chi connectivity index (χ2n) is 5.37. The molecule has 6 nitrogen and oxygen atoms in total. The van der Waals surface area contributed by atoms with Crippen molar-refractivity contribution in [3.63, 3.8) is 0 Å². The molecular formula is C14H24N4O2S3. The summed E-state index contributed by atoms with van der Waals surface area (Å²) in [5.74, 6) is 0.776. The van der Waals surface area contributed by atoms with Gasteiger partial charge in [0, 0.05) is 13.1 Å². The van der Waals surface area contributed by atoms with Crippen molar-refractivity contribution in [1.29, 1.82) is 0 Å². The van der Waals surface area contributed by atoms with E-state index in [4.69, 9.17) is 0 Å². The number of carbonyl (C=O) groups is 2. The van der Waals surface area contributed by atoms with E-state index in [2.05, 4.69) is 34.7 Å². The lowest BCUT2D eigenvalue weighted by molar-refractivity contribution is -0.120. The van der Waals surface area contributed by atoms with E-state index in [1.165, 1.54) is 34.9 Å². The molecule has 1 rings (SSSR count). The molecule has 0 aliphatic heterocycles. The standard InChI is InChI=1S/C14H24N4O2S3/c1-5-6-15-11(19)8-21-13-17-18-14(23-13)22-10(4)12(20)16-7-9(2)3/h9-10H,5-8H2,1-4H3,(H,15,19)(H,16,20)/t10-/m1/s1. The van der Waals surface area contributed by atoms with Gasteiger partial charge in [-0.1, -0.05) is 55.6 Å². The van der Waals surface area contributed by atoms with Gasteiger partial charge in [-0.2, -0.15) is 0 Å². The molecule has 130 valence electrons. The van der Waals surface area contributed by atoms with Crippen molar-refractivity contribution in [1.82, 2.24) is 20.8 Å². The summed E-state index contributed by atoms with van der Waals surface area (Å²) in [6.07, 6.45) is 0.923. The van der Waals surface area contributed by atoms with E-state index in [1.807, 2.05) is 13.8 Å². The van der Waals surface area contributed by atoms with Crippen LogP contribution >= 0.6 is 34.9 Å². The highest BCUT2D eigenvalue weighted by molar-refractivity contribution is 8.04. The summed E-state index contributed by atoms with van der Waals surface area (Å²) in [6, 6.07) is 0. The fourth-order valence-electron chi connectivity index (χ4n) is 1.40. The minimum Gasteiger partial charge on any atom is -0.355 e. The maximum atomic E-state index is 11.9. The molecule has 1 aromatic rings. The lowest BCUT2D eigenvalue weighted by Gasteiger charge is -2.11. The third kappa shape index (κ3) is 8.57. The van der Waals surface area contributed by atoms with E-state index >= 15 is 0 Å². The van der Waals surface area contributed by atoms with Crippen LogP contribution < -0.4 is 10.6 Å². The molecule has 0 saturated heterocycles. The molecule has 1 heterocycles. The quantitative estimate of drug-likeness (QED) is 0.610. The molecule has 0 spiro atoms. The predicted octanol–water partition coefficient (Wildman–Crippen LogP) is 2.41. The van der Waals surface area contributed by atoms with Gasteiger partial charge in [-0.3, -0.25) is 9.59 Å². The van der Waals surface area contributed by atoms with Gasteiger partial charge < -0.3 is 10.6 Å². The van der Waals surface area contributed by atoms with Gasteiger partial charge in [-0.05, 0) is 19.3 Å². The third-order valence-corrected chi connectivity index (χ3v) is 5.86. The molecule has 0 bridgehead atoms. The molecule has 0 aliphatic carbocycles. The molecular weight excluding hydrogens is 352 g/mol. The average molecular weight is 377 g/mol. The van der Waals surface area contributed by atoms with Crippen molar-refractivity contribution in [3.05, 3.63) is 0 Å². The summed E-state index contributed by atoms with van der Waals surface area (Å²) in [7, 11) is 0. The summed E-state index contributed by atoms with van der Waals surface area (Å²) < 4.78 is 1.49. The summed E-state index contributed by atoms with van der Waals surface area (Å²) >= 11 is 4.17. The van der Waals surface area contributed by atoms with Crippen LogP contribution in [0.4, 0.5) is 0 Å². The molecule has 0 unspecified atom stereocenters. The van der Waals surface area contributed by atoms with Crippen LogP contribution in [0.2, 0.25) is 0 Å². The summed E-state index contributed by atoms with van der Waals surface area (Å²) in [5.41, 5.74) is 0. The van der Waals surface area contributed by atoms with Gasteiger partial charge in [0.2, 0.25) is 11.8 Å². The molecule has 1 atom stereocenters. The van der Waals surface area contributed by atoms with Gasteiger partial charge in [0.1, 0.15) is 0 Å². The zero-order valence-electron chi connectivity index (χ0n) is 13.9. The van der Waals surface area contributed by atoms with Crippen LogP contribution in [0.25, 0.3) is 0 Å². The Hall–Kier alpha value is -0.800. The normalized spacial score (nSPS) is 12.2. The monoisotopic (exact) mass is 376 g/mol. The lowest BCUT2D eigenvalue weighted by Crippen LogP contribution is -2.33. The predicted molar refractivity (Wildman–Crippen MR) is 97.1 cm³/mol. The first-order valence-corrected chi connectivity index (χ1v) is 10.3. The summed E-state index contributed by atoms with van der Waals surface area (Å²) in [5, 5.41) is 13.6. The zero-order valence-corrected chi connectivity index (χ0v) is 16.4. The maximum absolute atomic E-state index is 11.9. The molecule has 0 aromatic carbocycles. The van der Waals surface area contributed by atoms with Crippen LogP contribution in [0.15, 0.2) is 8.68 Å². The van der Waals surface area contributed by atoms with Crippen molar-refractivity contribution in [2.45, 2.75) is 48.0 Å². The fourth-order valence-corrected chi connectivity index (χ4v) is 4.42. The number of carbonyl (C=O) groups excluding carboxylic acids is 2. The second kappa shape index (κ2) is 10.9. The largest absolute Gasteiger partial charge is 0.355 e.